The van der Waals surface area contributed by atoms with Crippen molar-refractivity contribution in [3.05, 3.63) is 82.9 Å². The third-order valence-electron chi connectivity index (χ3n) is 12.5. The van der Waals surface area contributed by atoms with Gasteiger partial charge >= 0.3 is 0 Å². The largest absolute Gasteiger partial charge is 0.497 e. The zero-order valence-corrected chi connectivity index (χ0v) is 33.1. The van der Waals surface area contributed by atoms with Crippen molar-refractivity contribution in [3.8, 4) is 5.75 Å². The van der Waals surface area contributed by atoms with Crippen LogP contribution < -0.4 is 19.7 Å². The molecule has 3 amide bonds. The number of nitrogens with zero attached hydrogens (tertiary/aromatic N) is 3. The minimum Gasteiger partial charge on any atom is -0.497 e. The van der Waals surface area contributed by atoms with Gasteiger partial charge in [0.15, 0.2) is 5.60 Å². The lowest BCUT2D eigenvalue weighted by atomic mass is 9.82. The van der Waals surface area contributed by atoms with Crippen molar-refractivity contribution in [1.82, 2.24) is 4.90 Å². The molecule has 9 nitrogen and oxygen atoms in total. The highest BCUT2D eigenvalue weighted by atomic mass is 35.5. The van der Waals surface area contributed by atoms with Gasteiger partial charge < -0.3 is 29.3 Å². The summed E-state index contributed by atoms with van der Waals surface area (Å²) in [6.07, 6.45) is 5.81. The highest BCUT2D eigenvalue weighted by molar-refractivity contribution is 6.91. The predicted molar refractivity (Wildman–Crippen MR) is 211 cm³/mol. The maximum absolute atomic E-state index is 15.3. The van der Waals surface area contributed by atoms with Gasteiger partial charge in [-0.3, -0.25) is 14.4 Å². The SMILES string of the molecule is COc1ccc([Si](C)(C)[C@@H]2[C@@H](CC(=O)N3CCC[C@H]3CO)O[C@]3(C(=O)N(Cc4cccc(N5CCCCCCC5=O)c4)c4ccc(Cl)cc43)[C@H]2C)cc1. The molecule has 11 heteroatoms. The Morgan fingerprint density at radius 2 is 1.77 bits per heavy atom. The Bertz CT molecular complexity index is 1850. The molecule has 3 saturated heterocycles. The molecule has 0 unspecified atom stereocenters. The number of halogens is 1. The first-order valence-corrected chi connectivity index (χ1v) is 22.7. The fraction of sp³-hybridized carbons (Fsp3) is 0.500. The number of likely N-dealkylation sites (tertiary alicyclic amines) is 1. The first-order valence-electron chi connectivity index (χ1n) is 19.2. The zero-order chi connectivity index (χ0) is 37.5. The molecule has 0 aromatic heterocycles. The number of carbonyl (C=O) groups is 3. The van der Waals surface area contributed by atoms with E-state index < -0.39 is 19.8 Å². The Hall–Kier alpha value is -3.70. The number of rotatable bonds is 9. The first kappa shape index (κ1) is 37.6. The van der Waals surface area contributed by atoms with Crippen molar-refractivity contribution in [2.75, 3.05) is 36.6 Å². The topological polar surface area (TPSA) is 99.6 Å². The lowest BCUT2D eigenvalue weighted by Gasteiger charge is -2.37. The quantitative estimate of drug-likeness (QED) is 0.242. The minimum absolute atomic E-state index is 0.0514. The average Bonchev–Trinajstić information content (AvgIpc) is 3.80. The van der Waals surface area contributed by atoms with Gasteiger partial charge in [0.2, 0.25) is 11.8 Å². The maximum Gasteiger partial charge on any atom is 0.264 e. The molecule has 4 aliphatic rings. The van der Waals surface area contributed by atoms with Crippen molar-refractivity contribution in [1.29, 1.82) is 0 Å². The van der Waals surface area contributed by atoms with Gasteiger partial charge in [0.25, 0.3) is 5.91 Å². The van der Waals surface area contributed by atoms with E-state index in [4.69, 9.17) is 21.1 Å². The highest BCUT2D eigenvalue weighted by Gasteiger charge is 2.66. The van der Waals surface area contributed by atoms with Gasteiger partial charge in [-0.25, -0.2) is 0 Å². The van der Waals surface area contributed by atoms with E-state index in [2.05, 4.69) is 32.2 Å². The normalized spacial score (nSPS) is 26.3. The van der Waals surface area contributed by atoms with Crippen LogP contribution in [0.1, 0.15) is 69.4 Å². The molecule has 53 heavy (non-hydrogen) atoms. The summed E-state index contributed by atoms with van der Waals surface area (Å²) >= 11 is 6.71. The third kappa shape index (κ3) is 6.81. The van der Waals surface area contributed by atoms with Crippen LogP contribution in [0.5, 0.6) is 5.75 Å². The Labute approximate surface area is 319 Å². The van der Waals surface area contributed by atoms with Gasteiger partial charge in [-0.1, -0.05) is 73.9 Å². The Morgan fingerprint density at radius 1 is 1.00 bits per heavy atom. The first-order chi connectivity index (χ1) is 25.5. The van der Waals surface area contributed by atoms with Crippen molar-refractivity contribution < 1.29 is 29.0 Å². The lowest BCUT2D eigenvalue weighted by Crippen LogP contribution is -2.52. The molecule has 282 valence electrons. The number of amides is 3. The second kappa shape index (κ2) is 15.2. The van der Waals surface area contributed by atoms with Crippen molar-refractivity contribution in [2.45, 2.75) is 101 Å². The number of fused-ring (bicyclic) bond motifs is 2. The number of carbonyl (C=O) groups excluding carboxylic acids is 3. The molecule has 3 fully saturated rings. The van der Waals surface area contributed by atoms with E-state index in [-0.39, 0.29) is 48.3 Å². The molecule has 3 aromatic carbocycles. The second-order valence-electron chi connectivity index (χ2n) is 15.9. The molecular weight excluding hydrogens is 706 g/mol. The van der Waals surface area contributed by atoms with E-state index in [9.17, 15) is 14.7 Å². The smallest absolute Gasteiger partial charge is 0.264 e. The molecule has 0 radical (unpaired) electrons. The third-order valence-corrected chi connectivity index (χ3v) is 17.1. The molecule has 4 aliphatic heterocycles. The van der Waals surface area contributed by atoms with Gasteiger partial charge in [0.05, 0.1) is 52.6 Å². The average molecular weight is 758 g/mol. The summed E-state index contributed by atoms with van der Waals surface area (Å²) in [5.74, 6) is 0.400. The van der Waals surface area contributed by atoms with Gasteiger partial charge in [-0.15, -0.1) is 0 Å². The predicted octanol–water partition coefficient (Wildman–Crippen LogP) is 6.78. The van der Waals surface area contributed by atoms with Crippen LogP contribution in [-0.4, -0.2) is 74.8 Å². The molecule has 0 bridgehead atoms. The van der Waals surface area contributed by atoms with E-state index in [1.807, 2.05) is 64.4 Å². The Balaban J connectivity index is 1.27. The second-order valence-corrected chi connectivity index (χ2v) is 21.0. The van der Waals surface area contributed by atoms with E-state index in [0.717, 1.165) is 66.8 Å². The van der Waals surface area contributed by atoms with Crippen LogP contribution in [0.3, 0.4) is 0 Å². The number of ether oxygens (including phenoxy) is 2. The summed E-state index contributed by atoms with van der Waals surface area (Å²) in [6, 6.07) is 21.5. The van der Waals surface area contributed by atoms with Crippen molar-refractivity contribution in [2.24, 2.45) is 5.92 Å². The number of hydrogen-bond acceptors (Lipinski definition) is 6. The summed E-state index contributed by atoms with van der Waals surface area (Å²) in [5.41, 5.74) is 1.76. The van der Waals surface area contributed by atoms with Gasteiger partial charge in [-0.05, 0) is 79.3 Å². The summed E-state index contributed by atoms with van der Waals surface area (Å²) < 4.78 is 12.7. The van der Waals surface area contributed by atoms with Crippen LogP contribution in [0.25, 0.3) is 0 Å². The number of hydrogen-bond donors (Lipinski definition) is 1. The van der Waals surface area contributed by atoms with Gasteiger partial charge in [0.1, 0.15) is 5.75 Å². The minimum atomic E-state index is -2.48. The van der Waals surface area contributed by atoms with Crippen LogP contribution in [0, 0.1) is 5.92 Å². The number of aliphatic hydroxyl groups is 1. The molecule has 0 saturated carbocycles. The number of anilines is 2. The summed E-state index contributed by atoms with van der Waals surface area (Å²) in [7, 11) is -0.824. The Kier molecular flexibility index (Phi) is 10.8. The zero-order valence-electron chi connectivity index (χ0n) is 31.4. The molecular formula is C42H52ClN3O6Si. The molecule has 1 spiro atoms. The van der Waals surface area contributed by atoms with Crippen molar-refractivity contribution in [3.63, 3.8) is 0 Å². The van der Waals surface area contributed by atoms with Crippen LogP contribution in [-0.2, 0) is 31.3 Å². The fourth-order valence-electron chi connectivity index (χ4n) is 9.72. The fourth-order valence-corrected chi connectivity index (χ4v) is 13.9. The monoisotopic (exact) mass is 757 g/mol. The number of methoxy groups -OCH3 is 1. The summed E-state index contributed by atoms with van der Waals surface area (Å²) in [6.45, 7) is 8.23. The molecule has 1 N–H and O–H groups in total. The summed E-state index contributed by atoms with van der Waals surface area (Å²) in [5, 5.41) is 11.8. The van der Waals surface area contributed by atoms with Crippen LogP contribution in [0.2, 0.25) is 23.7 Å². The number of aliphatic hydroxyl groups excluding tert-OH is 1. The van der Waals surface area contributed by atoms with Crippen molar-refractivity contribution >= 4 is 54.0 Å². The Morgan fingerprint density at radius 3 is 2.53 bits per heavy atom. The van der Waals surface area contributed by atoms with Crippen LogP contribution in [0.4, 0.5) is 11.4 Å². The maximum atomic E-state index is 15.3. The van der Waals surface area contributed by atoms with Gasteiger partial charge in [0, 0.05) is 41.7 Å². The van der Waals surface area contributed by atoms with E-state index in [0.29, 0.717) is 31.1 Å². The van der Waals surface area contributed by atoms with Gasteiger partial charge in [-0.2, -0.15) is 0 Å². The molecule has 3 aromatic rings. The lowest BCUT2D eigenvalue weighted by molar-refractivity contribution is -0.150. The molecule has 4 heterocycles. The molecule has 5 atom stereocenters. The van der Waals surface area contributed by atoms with E-state index in [1.165, 1.54) is 5.19 Å². The van der Waals surface area contributed by atoms with E-state index in [1.54, 1.807) is 12.0 Å². The molecule has 7 rings (SSSR count). The van der Waals surface area contributed by atoms with Crippen LogP contribution >= 0.6 is 11.6 Å². The standard InChI is InChI=1S/C42H52ClN3O6Si/c1-28-40(53(3,4)34-18-16-33(51-2)17-19-34)37(25-39(49)45-22-10-13-32(45)27-47)52-42(28)35-24-30(43)15-20-36(35)46(41(42)50)26-29-11-9-12-31(23-29)44-21-8-6-5-7-14-38(44)48/h9,11-12,15-20,23-24,28,32,37,40,47H,5-8,10,13-14,21-22,25-27H2,1-4H3/t28-,32-,37+,40-,42+/m0/s1. The number of benzene rings is 3. The van der Waals surface area contributed by atoms with E-state index >= 15 is 4.79 Å². The molecule has 0 aliphatic carbocycles. The van der Waals surface area contributed by atoms with Crippen LogP contribution in [0.15, 0.2) is 66.7 Å². The highest BCUT2D eigenvalue weighted by Crippen LogP contribution is 2.60. The summed E-state index contributed by atoms with van der Waals surface area (Å²) in [4.78, 5) is 48.0.